The summed E-state index contributed by atoms with van der Waals surface area (Å²) in [7, 11) is 0. The molecule has 0 bridgehead atoms. The van der Waals surface area contributed by atoms with Gasteiger partial charge in [0.05, 0.1) is 22.0 Å². The maximum Gasteiger partial charge on any atom is 0.234 e. The second-order valence-electron chi connectivity index (χ2n) is 5.15. The predicted molar refractivity (Wildman–Crippen MR) is 92.0 cm³/mol. The van der Waals surface area contributed by atoms with Crippen LogP contribution in [0, 0.1) is 5.82 Å². The number of hydrogen-bond acceptors (Lipinski definition) is 3. The fourth-order valence-electron chi connectivity index (χ4n) is 2.17. The number of carbonyl (C=O) groups excluding carboxylic acids is 1. The number of rotatable bonds is 5. The van der Waals surface area contributed by atoms with Crippen molar-refractivity contribution in [2.24, 2.45) is 0 Å². The lowest BCUT2D eigenvalue weighted by Gasteiger charge is -2.09. The second kappa shape index (κ2) is 6.83. The van der Waals surface area contributed by atoms with Crippen molar-refractivity contribution in [1.82, 2.24) is 9.97 Å². The maximum atomic E-state index is 12.8. The van der Waals surface area contributed by atoms with Gasteiger partial charge < -0.3 is 10.3 Å². The van der Waals surface area contributed by atoms with Crippen molar-refractivity contribution in [1.29, 1.82) is 0 Å². The molecular weight excluding hydrogens is 313 g/mol. The van der Waals surface area contributed by atoms with E-state index in [0.29, 0.717) is 11.4 Å². The Morgan fingerprint density at radius 1 is 1.26 bits per heavy atom. The summed E-state index contributed by atoms with van der Waals surface area (Å²) in [5, 5.41) is 2.82. The molecular formula is C17H16FN3OS. The van der Waals surface area contributed by atoms with Crippen LogP contribution >= 0.6 is 11.8 Å². The van der Waals surface area contributed by atoms with Gasteiger partial charge in [-0.1, -0.05) is 12.1 Å². The number of halogens is 1. The lowest BCUT2D eigenvalue weighted by molar-refractivity contribution is -0.113. The van der Waals surface area contributed by atoms with Crippen molar-refractivity contribution in [3.63, 3.8) is 0 Å². The van der Waals surface area contributed by atoms with Crippen LogP contribution in [0.4, 0.5) is 10.1 Å². The molecule has 1 heterocycles. The number of aromatic nitrogens is 2. The number of benzene rings is 2. The van der Waals surface area contributed by atoms with Crippen LogP contribution in [0.2, 0.25) is 0 Å². The Balaban J connectivity index is 1.56. The molecule has 2 N–H and O–H groups in total. The number of nitrogens with one attached hydrogen (secondary N) is 2. The van der Waals surface area contributed by atoms with Crippen molar-refractivity contribution < 1.29 is 9.18 Å². The average molecular weight is 329 g/mol. The summed E-state index contributed by atoms with van der Waals surface area (Å²) in [4.78, 5) is 19.8. The highest BCUT2D eigenvalue weighted by molar-refractivity contribution is 8.00. The van der Waals surface area contributed by atoms with Crippen LogP contribution in [-0.4, -0.2) is 21.6 Å². The van der Waals surface area contributed by atoms with Crippen LogP contribution in [-0.2, 0) is 4.79 Å². The first kappa shape index (κ1) is 15.6. The molecule has 6 heteroatoms. The van der Waals surface area contributed by atoms with Crippen LogP contribution in [0.15, 0.2) is 48.5 Å². The number of thioether (sulfide) groups is 1. The van der Waals surface area contributed by atoms with E-state index in [4.69, 9.17) is 0 Å². The first-order valence-corrected chi connectivity index (χ1v) is 8.28. The summed E-state index contributed by atoms with van der Waals surface area (Å²) in [6.45, 7) is 2.01. The van der Waals surface area contributed by atoms with Gasteiger partial charge in [-0.15, -0.1) is 11.8 Å². The highest BCUT2D eigenvalue weighted by Crippen LogP contribution is 2.27. The Bertz CT molecular complexity index is 783. The van der Waals surface area contributed by atoms with Crippen molar-refractivity contribution in [2.75, 3.05) is 11.1 Å². The molecule has 0 saturated heterocycles. The smallest absolute Gasteiger partial charge is 0.234 e. The molecule has 3 aromatic rings. The molecule has 0 aliphatic rings. The van der Waals surface area contributed by atoms with Gasteiger partial charge in [0.15, 0.2) is 0 Å². The maximum absolute atomic E-state index is 12.8. The van der Waals surface area contributed by atoms with Crippen LogP contribution in [0.3, 0.4) is 0 Å². The van der Waals surface area contributed by atoms with Gasteiger partial charge in [-0.2, -0.15) is 0 Å². The number of hydrogen-bond donors (Lipinski definition) is 2. The molecule has 0 aliphatic carbocycles. The summed E-state index contributed by atoms with van der Waals surface area (Å²) >= 11 is 1.50. The normalized spacial score (nSPS) is 12.3. The Kier molecular flexibility index (Phi) is 4.62. The lowest BCUT2D eigenvalue weighted by atomic mass is 10.3. The van der Waals surface area contributed by atoms with E-state index in [1.165, 1.54) is 23.9 Å². The van der Waals surface area contributed by atoms with E-state index >= 15 is 0 Å². The molecule has 1 amide bonds. The lowest BCUT2D eigenvalue weighted by Crippen LogP contribution is -2.14. The summed E-state index contributed by atoms with van der Waals surface area (Å²) < 4.78 is 12.8. The van der Waals surface area contributed by atoms with E-state index in [1.807, 2.05) is 31.2 Å². The number of anilines is 1. The number of carbonyl (C=O) groups is 1. The van der Waals surface area contributed by atoms with Crippen LogP contribution in [0.1, 0.15) is 18.0 Å². The molecule has 2 aromatic carbocycles. The minimum absolute atomic E-state index is 0.0707. The average Bonchev–Trinajstić information content (AvgIpc) is 2.99. The topological polar surface area (TPSA) is 57.8 Å². The third kappa shape index (κ3) is 3.90. The van der Waals surface area contributed by atoms with Gasteiger partial charge in [-0.3, -0.25) is 4.79 Å². The standard InChI is InChI=1S/C17H16FN3OS/c1-11(17-20-14-4-2-3-5-15(14)21-17)23-10-16(22)19-13-8-6-12(18)7-9-13/h2-9,11H,10H2,1H3,(H,19,22)(H,20,21). The minimum Gasteiger partial charge on any atom is -0.341 e. The molecule has 23 heavy (non-hydrogen) atoms. The van der Waals surface area contributed by atoms with Crippen molar-refractivity contribution in [2.45, 2.75) is 12.2 Å². The fourth-order valence-corrected chi connectivity index (χ4v) is 2.92. The quantitative estimate of drug-likeness (QED) is 0.740. The van der Waals surface area contributed by atoms with Crippen LogP contribution < -0.4 is 5.32 Å². The van der Waals surface area contributed by atoms with E-state index in [1.54, 1.807) is 12.1 Å². The Morgan fingerprint density at radius 2 is 2.00 bits per heavy atom. The molecule has 0 spiro atoms. The first-order valence-electron chi connectivity index (χ1n) is 7.23. The fraction of sp³-hybridized carbons (Fsp3) is 0.176. The number of H-pyrrole nitrogens is 1. The molecule has 0 aliphatic heterocycles. The Morgan fingerprint density at radius 3 is 2.74 bits per heavy atom. The molecule has 1 atom stereocenters. The van der Waals surface area contributed by atoms with Gasteiger partial charge in [0, 0.05) is 5.69 Å². The molecule has 1 unspecified atom stereocenters. The van der Waals surface area contributed by atoms with Crippen LogP contribution in [0.25, 0.3) is 11.0 Å². The number of imidazole rings is 1. The molecule has 0 fully saturated rings. The molecule has 0 saturated carbocycles. The third-order valence-corrected chi connectivity index (χ3v) is 4.54. The SMILES string of the molecule is CC(SCC(=O)Nc1ccc(F)cc1)c1nc2ccccc2[nH]1. The molecule has 118 valence electrons. The van der Waals surface area contributed by atoms with Gasteiger partial charge >= 0.3 is 0 Å². The van der Waals surface area contributed by atoms with Gasteiger partial charge in [0.2, 0.25) is 5.91 Å². The van der Waals surface area contributed by atoms with Gasteiger partial charge in [-0.05, 0) is 43.3 Å². The summed E-state index contributed by atoms with van der Waals surface area (Å²) in [5.41, 5.74) is 2.50. The van der Waals surface area contributed by atoms with Crippen molar-refractivity contribution >= 4 is 34.4 Å². The van der Waals surface area contributed by atoms with E-state index in [9.17, 15) is 9.18 Å². The molecule has 0 radical (unpaired) electrons. The molecule has 3 rings (SSSR count). The molecule has 4 nitrogen and oxygen atoms in total. The summed E-state index contributed by atoms with van der Waals surface area (Å²) in [6, 6.07) is 13.6. The van der Waals surface area contributed by atoms with Gasteiger partial charge in [0.1, 0.15) is 11.6 Å². The highest BCUT2D eigenvalue weighted by Gasteiger charge is 2.13. The number of para-hydroxylation sites is 2. The van der Waals surface area contributed by atoms with E-state index < -0.39 is 0 Å². The zero-order valence-corrected chi connectivity index (χ0v) is 13.4. The Hall–Kier alpha value is -2.34. The van der Waals surface area contributed by atoms with E-state index in [0.717, 1.165) is 16.9 Å². The predicted octanol–water partition coefficient (Wildman–Crippen LogP) is 4.13. The van der Waals surface area contributed by atoms with Gasteiger partial charge in [0.25, 0.3) is 0 Å². The second-order valence-corrected chi connectivity index (χ2v) is 6.48. The summed E-state index contributed by atoms with van der Waals surface area (Å²) in [6.07, 6.45) is 0. The highest BCUT2D eigenvalue weighted by atomic mass is 32.2. The monoisotopic (exact) mass is 329 g/mol. The van der Waals surface area contributed by atoms with E-state index in [2.05, 4.69) is 15.3 Å². The first-order chi connectivity index (χ1) is 11.1. The number of nitrogens with zero attached hydrogens (tertiary/aromatic N) is 1. The number of aromatic amines is 1. The number of fused-ring (bicyclic) bond motifs is 1. The van der Waals surface area contributed by atoms with Gasteiger partial charge in [-0.25, -0.2) is 9.37 Å². The Labute approximate surface area is 137 Å². The van der Waals surface area contributed by atoms with Crippen molar-refractivity contribution in [3.8, 4) is 0 Å². The minimum atomic E-state index is -0.323. The number of amides is 1. The largest absolute Gasteiger partial charge is 0.341 e. The molecule has 1 aromatic heterocycles. The zero-order chi connectivity index (χ0) is 16.2. The summed E-state index contributed by atoms with van der Waals surface area (Å²) in [5.74, 6) is 0.710. The third-order valence-electron chi connectivity index (χ3n) is 3.39. The zero-order valence-electron chi connectivity index (χ0n) is 12.5. The van der Waals surface area contributed by atoms with Crippen molar-refractivity contribution in [3.05, 3.63) is 60.2 Å². The van der Waals surface area contributed by atoms with E-state index in [-0.39, 0.29) is 17.0 Å². The van der Waals surface area contributed by atoms with Crippen LogP contribution in [0.5, 0.6) is 0 Å².